The van der Waals surface area contributed by atoms with E-state index in [9.17, 15) is 30.4 Å². The summed E-state index contributed by atoms with van der Waals surface area (Å²) in [6.07, 6.45) is -0.997. The molecule has 0 spiro atoms. The molecule has 0 aliphatic carbocycles. The number of halogens is 1. The Kier molecular flexibility index (Phi) is 6.78. The van der Waals surface area contributed by atoms with E-state index < -0.39 is 32.4 Å². The van der Waals surface area contributed by atoms with Gasteiger partial charge < -0.3 is 14.1 Å². The number of quaternary nitrogens is 1. The molecular formula is C8H19FN2O6S2. The Morgan fingerprint density at radius 2 is 1.84 bits per heavy atom. The van der Waals surface area contributed by atoms with E-state index in [1.165, 1.54) is 0 Å². The molecule has 1 atom stereocenters. The highest BCUT2D eigenvalue weighted by atomic mass is 32.3. The average molecular weight is 322 g/mol. The fraction of sp³-hybridized carbons (Fsp3) is 1.00. The first kappa shape index (κ1) is 18.7. The number of hydrogen-bond donors (Lipinski definition) is 2. The fourth-order valence-corrected chi connectivity index (χ4v) is 2.62. The van der Waals surface area contributed by atoms with Crippen molar-refractivity contribution >= 4 is 20.5 Å². The molecule has 0 aromatic rings. The van der Waals surface area contributed by atoms with Gasteiger partial charge in [-0.15, -0.1) is 0 Å². The molecule has 0 heterocycles. The van der Waals surface area contributed by atoms with Gasteiger partial charge in [0.1, 0.15) is 12.6 Å². The summed E-state index contributed by atoms with van der Waals surface area (Å²) in [7, 11) is -5.86. The third kappa shape index (κ3) is 12.4. The maximum atomic E-state index is 12.1. The van der Waals surface area contributed by atoms with Gasteiger partial charge in [0.2, 0.25) is 0 Å². The minimum absolute atomic E-state index is 0.0177. The van der Waals surface area contributed by atoms with Gasteiger partial charge in [0.05, 0.1) is 36.5 Å². The molecular weight excluding hydrogens is 303 g/mol. The third-order valence-electron chi connectivity index (χ3n) is 2.32. The normalized spacial score (nSPS) is 15.4. The van der Waals surface area contributed by atoms with E-state index in [0.29, 0.717) is 13.0 Å². The molecule has 2 N–H and O–H groups in total. The number of rotatable bonds is 9. The zero-order valence-electron chi connectivity index (χ0n) is 10.7. The maximum Gasteiger partial charge on any atom is 0.372 e. The Labute approximate surface area is 112 Å². The molecule has 116 valence electrons. The van der Waals surface area contributed by atoms with Crippen LogP contribution in [0.4, 0.5) is 3.89 Å². The van der Waals surface area contributed by atoms with E-state index in [4.69, 9.17) is 0 Å². The third-order valence-corrected chi connectivity index (χ3v) is 3.66. The van der Waals surface area contributed by atoms with Crippen molar-refractivity contribution in [1.82, 2.24) is 4.72 Å². The van der Waals surface area contributed by atoms with Crippen LogP contribution in [0.25, 0.3) is 0 Å². The lowest BCUT2D eigenvalue weighted by molar-refractivity contribution is -0.893. The molecule has 8 nitrogen and oxygen atoms in total. The topological polar surface area (TPSA) is 124 Å². The van der Waals surface area contributed by atoms with Crippen LogP contribution in [0.15, 0.2) is 0 Å². The van der Waals surface area contributed by atoms with Gasteiger partial charge in [0, 0.05) is 13.0 Å². The second-order valence-electron chi connectivity index (χ2n) is 4.91. The molecule has 0 bridgehead atoms. The van der Waals surface area contributed by atoms with Gasteiger partial charge in [-0.05, 0) is 0 Å². The predicted octanol–water partition coefficient (Wildman–Crippen LogP) is -1.84. The minimum Gasteiger partial charge on any atom is -0.748 e. The Hall–Kier alpha value is -0.330. The number of likely N-dealkylation sites (N-methyl/N-ethyl adjacent to an activating group) is 1. The van der Waals surface area contributed by atoms with Crippen LogP contribution in [0.2, 0.25) is 0 Å². The molecule has 0 amide bonds. The Bertz CT molecular complexity index is 475. The summed E-state index contributed by atoms with van der Waals surface area (Å²) in [6, 6.07) is 0. The molecule has 0 saturated heterocycles. The van der Waals surface area contributed by atoms with Gasteiger partial charge in [0.25, 0.3) is 0 Å². The van der Waals surface area contributed by atoms with Crippen LogP contribution < -0.4 is 4.72 Å². The lowest BCUT2D eigenvalue weighted by Crippen LogP contribution is -2.48. The second kappa shape index (κ2) is 6.90. The van der Waals surface area contributed by atoms with Gasteiger partial charge >= 0.3 is 10.4 Å². The van der Waals surface area contributed by atoms with Crippen molar-refractivity contribution in [3.05, 3.63) is 0 Å². The number of aliphatic hydroxyl groups is 1. The minimum atomic E-state index is -4.72. The van der Waals surface area contributed by atoms with Crippen molar-refractivity contribution in [3.8, 4) is 0 Å². The molecule has 0 aliphatic heterocycles. The molecule has 0 aliphatic rings. The lowest BCUT2D eigenvalue weighted by Gasteiger charge is -2.32. The van der Waals surface area contributed by atoms with Gasteiger partial charge in [-0.2, -0.15) is 13.1 Å². The van der Waals surface area contributed by atoms with Gasteiger partial charge in [0.15, 0.2) is 0 Å². The van der Waals surface area contributed by atoms with Crippen LogP contribution in [0, 0.1) is 0 Å². The smallest absolute Gasteiger partial charge is 0.372 e. The fourth-order valence-electron chi connectivity index (χ4n) is 1.65. The standard InChI is InChI=1S/C8H19FN2O6S2/c1-11(2,5-3-4-10-19(9,16)17)6-8(12)7-18(13,14)15/h8,10,12H,3-7H2,1-2H3. The Morgan fingerprint density at radius 3 is 2.26 bits per heavy atom. The molecule has 19 heavy (non-hydrogen) atoms. The highest BCUT2D eigenvalue weighted by Crippen LogP contribution is 2.03. The molecule has 1 unspecified atom stereocenters. The molecule has 0 aromatic heterocycles. The van der Waals surface area contributed by atoms with E-state index in [1.54, 1.807) is 18.8 Å². The SMILES string of the molecule is C[N+](C)(CCCNS(=O)(=O)F)CC(O)CS(=O)(=O)[O-]. The first-order chi connectivity index (χ1) is 8.31. The predicted molar refractivity (Wildman–Crippen MR) is 65.1 cm³/mol. The van der Waals surface area contributed by atoms with Crippen LogP contribution in [-0.4, -0.2) is 76.6 Å². The van der Waals surface area contributed by atoms with Crippen LogP contribution in [0.5, 0.6) is 0 Å². The molecule has 0 saturated carbocycles. The largest absolute Gasteiger partial charge is 0.748 e. The molecule has 11 heteroatoms. The van der Waals surface area contributed by atoms with Crippen LogP contribution in [0.1, 0.15) is 6.42 Å². The monoisotopic (exact) mass is 322 g/mol. The summed E-state index contributed by atoms with van der Waals surface area (Å²) in [5.41, 5.74) is 0. The van der Waals surface area contributed by atoms with Crippen LogP contribution in [-0.2, 0) is 20.5 Å². The highest BCUT2D eigenvalue weighted by molar-refractivity contribution is 7.85. The summed E-state index contributed by atoms with van der Waals surface area (Å²) in [5.74, 6) is -0.869. The number of nitrogens with one attached hydrogen (secondary N) is 1. The summed E-state index contributed by atoms with van der Waals surface area (Å²) < 4.78 is 65.7. The van der Waals surface area contributed by atoms with E-state index >= 15 is 0 Å². The molecule has 0 radical (unpaired) electrons. The number of hydrogen-bond acceptors (Lipinski definition) is 6. The Balaban J connectivity index is 4.11. The van der Waals surface area contributed by atoms with E-state index in [0.717, 1.165) is 0 Å². The summed E-state index contributed by atoms with van der Waals surface area (Å²) in [5, 5.41) is 9.44. The van der Waals surface area contributed by atoms with Crippen molar-refractivity contribution < 1.29 is 34.9 Å². The summed E-state index contributed by atoms with van der Waals surface area (Å²) in [6.45, 7) is 0.290. The van der Waals surface area contributed by atoms with Gasteiger partial charge in [-0.25, -0.2) is 8.42 Å². The van der Waals surface area contributed by atoms with Crippen molar-refractivity contribution in [2.45, 2.75) is 12.5 Å². The zero-order valence-corrected chi connectivity index (χ0v) is 12.4. The van der Waals surface area contributed by atoms with E-state index in [1.807, 2.05) is 0 Å². The van der Waals surface area contributed by atoms with Gasteiger partial charge in [-0.1, -0.05) is 3.89 Å². The molecule has 0 fully saturated rings. The van der Waals surface area contributed by atoms with Crippen molar-refractivity contribution in [3.63, 3.8) is 0 Å². The number of nitrogens with zero attached hydrogens (tertiary/aromatic N) is 1. The quantitative estimate of drug-likeness (QED) is 0.223. The van der Waals surface area contributed by atoms with Crippen LogP contribution >= 0.6 is 0 Å². The summed E-state index contributed by atoms with van der Waals surface area (Å²) in [4.78, 5) is 0. The first-order valence-electron chi connectivity index (χ1n) is 5.44. The van der Waals surface area contributed by atoms with Crippen molar-refractivity contribution in [2.75, 3.05) is 39.5 Å². The van der Waals surface area contributed by atoms with Crippen molar-refractivity contribution in [2.24, 2.45) is 0 Å². The molecule has 0 rings (SSSR count). The summed E-state index contributed by atoms with van der Waals surface area (Å²) >= 11 is 0. The average Bonchev–Trinajstić information content (AvgIpc) is 2.06. The zero-order chi connectivity index (χ0) is 15.3. The van der Waals surface area contributed by atoms with Crippen LogP contribution in [0.3, 0.4) is 0 Å². The highest BCUT2D eigenvalue weighted by Gasteiger charge is 2.22. The second-order valence-corrected chi connectivity index (χ2v) is 7.52. The lowest BCUT2D eigenvalue weighted by atomic mass is 10.3. The van der Waals surface area contributed by atoms with E-state index in [-0.39, 0.29) is 17.6 Å². The van der Waals surface area contributed by atoms with E-state index in [2.05, 4.69) is 0 Å². The maximum absolute atomic E-state index is 12.1. The molecule has 0 aromatic carbocycles. The first-order valence-corrected chi connectivity index (χ1v) is 8.40. The Morgan fingerprint density at radius 1 is 1.32 bits per heavy atom. The van der Waals surface area contributed by atoms with Crippen molar-refractivity contribution in [1.29, 1.82) is 0 Å². The van der Waals surface area contributed by atoms with Gasteiger partial charge in [-0.3, -0.25) is 0 Å². The number of aliphatic hydroxyl groups excluding tert-OH is 1.